The molecule has 7 nitrogen and oxygen atoms in total. The Balaban J connectivity index is 1.44. The molecule has 1 aromatic heterocycles. The van der Waals surface area contributed by atoms with E-state index in [1.807, 2.05) is 26.1 Å². The second-order valence-electron chi connectivity index (χ2n) is 7.51. The van der Waals surface area contributed by atoms with Crippen LogP contribution in [-0.4, -0.2) is 52.9 Å². The largest absolute Gasteiger partial charge is 0.494 e. The molecule has 1 aromatic carbocycles. The van der Waals surface area contributed by atoms with E-state index in [-0.39, 0.29) is 0 Å². The van der Waals surface area contributed by atoms with Crippen molar-refractivity contribution in [1.82, 2.24) is 25.0 Å². The number of ether oxygens (including phenoxy) is 1. The van der Waals surface area contributed by atoms with Gasteiger partial charge in [-0.25, -0.2) is 0 Å². The highest BCUT2D eigenvalue weighted by Crippen LogP contribution is 2.15. The van der Waals surface area contributed by atoms with Crippen molar-refractivity contribution in [2.75, 3.05) is 27.2 Å². The third-order valence-electron chi connectivity index (χ3n) is 5.27. The Kier molecular flexibility index (Phi) is 7.90. The van der Waals surface area contributed by atoms with Crippen molar-refractivity contribution in [2.45, 2.75) is 58.5 Å². The first kappa shape index (κ1) is 21.1. The third-order valence-corrected chi connectivity index (χ3v) is 5.27. The Morgan fingerprint density at radius 1 is 1.21 bits per heavy atom. The molecule has 0 fully saturated rings. The van der Waals surface area contributed by atoms with Gasteiger partial charge in [0.05, 0.1) is 6.61 Å². The van der Waals surface area contributed by atoms with Gasteiger partial charge in [-0.1, -0.05) is 18.6 Å². The number of hydrogen-bond acceptors (Lipinski definition) is 4. The van der Waals surface area contributed by atoms with Crippen LogP contribution in [0.3, 0.4) is 0 Å². The molecular formula is C22H34N6O. The molecule has 29 heavy (non-hydrogen) atoms. The lowest BCUT2D eigenvalue weighted by atomic mass is 10.2. The van der Waals surface area contributed by atoms with E-state index in [0.717, 1.165) is 62.3 Å². The fraction of sp³-hybridized carbons (Fsp3) is 0.591. The first-order valence-corrected chi connectivity index (χ1v) is 10.8. The molecule has 0 amide bonds. The number of aromatic nitrogens is 3. The number of aliphatic imine (C=N–C) groups is 1. The molecule has 0 atom stereocenters. The van der Waals surface area contributed by atoms with Gasteiger partial charge in [0.2, 0.25) is 0 Å². The summed E-state index contributed by atoms with van der Waals surface area (Å²) in [5, 5.41) is 12.3. The Bertz CT molecular complexity index is 783. The highest BCUT2D eigenvalue weighted by atomic mass is 16.5. The smallest absolute Gasteiger partial charge is 0.193 e. The fourth-order valence-corrected chi connectivity index (χ4v) is 3.77. The third kappa shape index (κ3) is 5.95. The summed E-state index contributed by atoms with van der Waals surface area (Å²) in [6.07, 6.45) is 6.78. The second kappa shape index (κ2) is 10.8. The van der Waals surface area contributed by atoms with Crippen molar-refractivity contribution in [3.05, 3.63) is 41.5 Å². The van der Waals surface area contributed by atoms with Crippen LogP contribution in [0.25, 0.3) is 0 Å². The highest BCUT2D eigenvalue weighted by Gasteiger charge is 2.14. The zero-order chi connectivity index (χ0) is 20.5. The molecule has 2 aromatic rings. The maximum absolute atomic E-state index is 5.51. The van der Waals surface area contributed by atoms with E-state index in [1.54, 1.807) is 0 Å². The molecule has 0 bridgehead atoms. The number of nitrogens with one attached hydrogen (secondary N) is 1. The molecule has 0 saturated heterocycles. The first-order chi connectivity index (χ1) is 14.2. The van der Waals surface area contributed by atoms with Crippen molar-refractivity contribution in [1.29, 1.82) is 0 Å². The van der Waals surface area contributed by atoms with Crippen LogP contribution in [0, 0.1) is 0 Å². The molecule has 2 heterocycles. The molecule has 0 unspecified atom stereocenters. The van der Waals surface area contributed by atoms with E-state index in [2.05, 4.69) is 49.2 Å². The van der Waals surface area contributed by atoms with E-state index in [4.69, 9.17) is 4.74 Å². The molecule has 7 heteroatoms. The number of fused-ring (bicyclic) bond motifs is 1. The summed E-state index contributed by atoms with van der Waals surface area (Å²) in [6, 6.07) is 8.24. The van der Waals surface area contributed by atoms with Crippen molar-refractivity contribution in [3.63, 3.8) is 0 Å². The lowest BCUT2D eigenvalue weighted by molar-refractivity contribution is 0.340. The minimum atomic E-state index is 0.688. The summed E-state index contributed by atoms with van der Waals surface area (Å²) in [5.41, 5.74) is 1.23. The summed E-state index contributed by atoms with van der Waals surface area (Å²) in [6.45, 7) is 5.41. The average molecular weight is 399 g/mol. The van der Waals surface area contributed by atoms with Crippen LogP contribution < -0.4 is 10.1 Å². The van der Waals surface area contributed by atoms with Gasteiger partial charge >= 0.3 is 0 Å². The van der Waals surface area contributed by atoms with Gasteiger partial charge in [-0.15, -0.1) is 10.2 Å². The monoisotopic (exact) mass is 398 g/mol. The first-order valence-electron chi connectivity index (χ1n) is 10.8. The van der Waals surface area contributed by atoms with E-state index in [1.165, 1.54) is 24.8 Å². The number of benzene rings is 1. The summed E-state index contributed by atoms with van der Waals surface area (Å²) in [7, 11) is 3.89. The van der Waals surface area contributed by atoms with Crippen LogP contribution >= 0.6 is 0 Å². The van der Waals surface area contributed by atoms with Crippen molar-refractivity contribution < 1.29 is 4.74 Å². The lowest BCUT2D eigenvalue weighted by Crippen LogP contribution is -2.39. The molecule has 1 N–H and O–H groups in total. The molecular weight excluding hydrogens is 364 g/mol. The normalized spacial score (nSPS) is 14.2. The number of guanidine groups is 1. The predicted molar refractivity (Wildman–Crippen MR) is 116 cm³/mol. The summed E-state index contributed by atoms with van der Waals surface area (Å²) in [4.78, 5) is 6.56. The molecule has 0 saturated carbocycles. The van der Waals surface area contributed by atoms with Gasteiger partial charge in [-0.2, -0.15) is 0 Å². The molecule has 158 valence electrons. The van der Waals surface area contributed by atoms with Crippen LogP contribution in [0.2, 0.25) is 0 Å². The average Bonchev–Trinajstić information content (AvgIpc) is 2.95. The predicted octanol–water partition coefficient (Wildman–Crippen LogP) is 3.04. The Labute approximate surface area is 174 Å². The highest BCUT2D eigenvalue weighted by molar-refractivity contribution is 5.79. The van der Waals surface area contributed by atoms with Crippen molar-refractivity contribution in [3.8, 4) is 5.75 Å². The summed E-state index contributed by atoms with van der Waals surface area (Å²) < 4.78 is 7.84. The molecule has 0 aliphatic carbocycles. The van der Waals surface area contributed by atoms with Gasteiger partial charge in [0.25, 0.3) is 0 Å². The Hall–Kier alpha value is -2.57. The van der Waals surface area contributed by atoms with Crippen LogP contribution in [0.5, 0.6) is 5.75 Å². The number of hydrogen-bond donors (Lipinski definition) is 1. The standard InChI is InChI=1S/C22H34N6O/c1-4-29-19-13-11-18(12-14-19)17-27(3)22(23-2)24-15-8-10-21-26-25-20-9-6-5-7-16-28(20)21/h11-14H,4-10,15-17H2,1-3H3,(H,23,24). The molecule has 0 spiro atoms. The minimum absolute atomic E-state index is 0.688. The van der Waals surface area contributed by atoms with E-state index >= 15 is 0 Å². The van der Waals surface area contributed by atoms with Crippen LogP contribution in [0.15, 0.2) is 29.3 Å². The second-order valence-corrected chi connectivity index (χ2v) is 7.51. The van der Waals surface area contributed by atoms with E-state index in [0.29, 0.717) is 6.61 Å². The maximum Gasteiger partial charge on any atom is 0.193 e. The summed E-state index contributed by atoms with van der Waals surface area (Å²) >= 11 is 0. The topological polar surface area (TPSA) is 67.6 Å². The number of aryl methyl sites for hydroxylation is 2. The minimum Gasteiger partial charge on any atom is -0.494 e. The van der Waals surface area contributed by atoms with E-state index in [9.17, 15) is 0 Å². The molecule has 0 radical (unpaired) electrons. The fourth-order valence-electron chi connectivity index (χ4n) is 3.77. The van der Waals surface area contributed by atoms with Crippen molar-refractivity contribution >= 4 is 5.96 Å². The van der Waals surface area contributed by atoms with Gasteiger partial charge in [0.1, 0.15) is 17.4 Å². The quantitative estimate of drug-likeness (QED) is 0.421. The van der Waals surface area contributed by atoms with Crippen LogP contribution in [0.4, 0.5) is 0 Å². The van der Waals surface area contributed by atoms with Crippen LogP contribution in [0.1, 0.15) is 49.8 Å². The van der Waals surface area contributed by atoms with Gasteiger partial charge in [-0.05, 0) is 43.9 Å². The van der Waals surface area contributed by atoms with Gasteiger partial charge < -0.3 is 19.5 Å². The number of nitrogens with zero attached hydrogens (tertiary/aromatic N) is 5. The van der Waals surface area contributed by atoms with Gasteiger partial charge in [-0.3, -0.25) is 4.99 Å². The van der Waals surface area contributed by atoms with Crippen molar-refractivity contribution in [2.24, 2.45) is 4.99 Å². The molecule has 3 rings (SSSR count). The zero-order valence-corrected chi connectivity index (χ0v) is 18.0. The zero-order valence-electron chi connectivity index (χ0n) is 18.0. The van der Waals surface area contributed by atoms with Gasteiger partial charge in [0, 0.05) is 46.6 Å². The van der Waals surface area contributed by atoms with Crippen LogP contribution in [-0.2, 0) is 25.9 Å². The molecule has 1 aliphatic rings. The SMILES string of the molecule is CCOc1ccc(CN(C)C(=NC)NCCCc2nnc3n2CCCCC3)cc1. The Morgan fingerprint density at radius 3 is 2.79 bits per heavy atom. The maximum atomic E-state index is 5.51. The summed E-state index contributed by atoms with van der Waals surface area (Å²) in [5.74, 6) is 4.10. The lowest BCUT2D eigenvalue weighted by Gasteiger charge is -2.22. The van der Waals surface area contributed by atoms with E-state index < -0.39 is 0 Å². The number of rotatable bonds is 8. The van der Waals surface area contributed by atoms with Gasteiger partial charge in [0.15, 0.2) is 5.96 Å². The Morgan fingerprint density at radius 2 is 2.03 bits per heavy atom. The molecule has 1 aliphatic heterocycles.